The van der Waals surface area contributed by atoms with Crippen LogP contribution in [0, 0.1) is 0 Å². The van der Waals surface area contributed by atoms with Gasteiger partial charge in [0.05, 0.1) is 11.4 Å². The molecule has 0 fully saturated rings. The molecular formula is C20H17N5O2. The van der Waals surface area contributed by atoms with E-state index in [0.29, 0.717) is 5.69 Å². The number of carbonyl (C=O) groups excluding carboxylic acids is 1. The van der Waals surface area contributed by atoms with Crippen LogP contribution in [0.5, 0.6) is 0 Å². The van der Waals surface area contributed by atoms with Gasteiger partial charge in [-0.1, -0.05) is 60.7 Å². The minimum Gasteiger partial charge on any atom is -0.318 e. The van der Waals surface area contributed by atoms with Crippen molar-refractivity contribution in [2.24, 2.45) is 0 Å². The van der Waals surface area contributed by atoms with Crippen molar-refractivity contribution in [3.8, 4) is 22.5 Å². The molecule has 27 heavy (non-hydrogen) atoms. The molecule has 0 atom stereocenters. The van der Waals surface area contributed by atoms with Crippen LogP contribution < -0.4 is 10.9 Å². The predicted octanol–water partition coefficient (Wildman–Crippen LogP) is 2.87. The van der Waals surface area contributed by atoms with Crippen molar-refractivity contribution in [3.63, 3.8) is 0 Å². The SMILES string of the molecule is O=C(Cn1nccc1-c1ccccc1)Nc1c(-c2ccccc2)[nH][nH]c1=O. The molecule has 0 bridgehead atoms. The molecule has 7 nitrogen and oxygen atoms in total. The second-order valence-electron chi connectivity index (χ2n) is 5.98. The number of hydrogen-bond donors (Lipinski definition) is 3. The van der Waals surface area contributed by atoms with Crippen LogP contribution in [0.15, 0.2) is 77.7 Å². The maximum absolute atomic E-state index is 12.6. The number of nitrogens with zero attached hydrogens (tertiary/aromatic N) is 2. The number of anilines is 1. The maximum Gasteiger partial charge on any atom is 0.288 e. The van der Waals surface area contributed by atoms with Crippen molar-refractivity contribution in [1.82, 2.24) is 20.0 Å². The van der Waals surface area contributed by atoms with E-state index in [1.807, 2.05) is 66.7 Å². The number of amides is 1. The zero-order chi connectivity index (χ0) is 18.6. The summed E-state index contributed by atoms with van der Waals surface area (Å²) in [5.41, 5.74) is 2.95. The number of aromatic nitrogens is 4. The van der Waals surface area contributed by atoms with Gasteiger partial charge >= 0.3 is 0 Å². The van der Waals surface area contributed by atoms with Crippen molar-refractivity contribution in [1.29, 1.82) is 0 Å². The molecule has 4 rings (SSSR count). The summed E-state index contributed by atoms with van der Waals surface area (Å²) >= 11 is 0. The maximum atomic E-state index is 12.6. The van der Waals surface area contributed by atoms with Crippen LogP contribution in [-0.4, -0.2) is 25.9 Å². The van der Waals surface area contributed by atoms with Gasteiger partial charge in [-0.05, 0) is 11.6 Å². The molecule has 0 aliphatic rings. The van der Waals surface area contributed by atoms with E-state index in [0.717, 1.165) is 16.8 Å². The summed E-state index contributed by atoms with van der Waals surface area (Å²) in [5.74, 6) is -0.335. The topological polar surface area (TPSA) is 95.6 Å². The fraction of sp³-hybridized carbons (Fsp3) is 0.0500. The average Bonchev–Trinajstić information content (AvgIpc) is 3.30. The molecule has 2 aromatic carbocycles. The molecule has 0 saturated heterocycles. The van der Waals surface area contributed by atoms with Gasteiger partial charge in [-0.15, -0.1) is 0 Å². The van der Waals surface area contributed by atoms with Gasteiger partial charge in [0.15, 0.2) is 0 Å². The molecule has 0 aliphatic carbocycles. The first kappa shape index (κ1) is 16.6. The Kier molecular flexibility index (Phi) is 4.40. The lowest BCUT2D eigenvalue weighted by Gasteiger charge is -2.09. The zero-order valence-electron chi connectivity index (χ0n) is 14.3. The van der Waals surface area contributed by atoms with E-state index in [-0.39, 0.29) is 23.7 Å². The van der Waals surface area contributed by atoms with Gasteiger partial charge in [0.1, 0.15) is 12.2 Å². The standard InChI is InChI=1S/C20H17N5O2/c26-17(13-25-16(11-12-21-25)14-7-3-1-4-8-14)22-19-18(23-24-20(19)27)15-9-5-2-6-10-15/h1-12H,13H2,(H,22,26)(H2,23,24,27). The number of aromatic amines is 2. The second kappa shape index (κ2) is 7.17. The Morgan fingerprint density at radius 1 is 0.926 bits per heavy atom. The normalized spacial score (nSPS) is 10.7. The fourth-order valence-corrected chi connectivity index (χ4v) is 2.93. The van der Waals surface area contributed by atoms with Gasteiger partial charge in [-0.25, -0.2) is 0 Å². The quantitative estimate of drug-likeness (QED) is 0.511. The molecule has 134 valence electrons. The van der Waals surface area contributed by atoms with E-state index in [1.54, 1.807) is 10.9 Å². The van der Waals surface area contributed by atoms with Crippen LogP contribution in [-0.2, 0) is 11.3 Å². The van der Waals surface area contributed by atoms with Gasteiger partial charge in [-0.2, -0.15) is 5.10 Å². The lowest BCUT2D eigenvalue weighted by Crippen LogP contribution is -2.23. The minimum atomic E-state index is -0.383. The Morgan fingerprint density at radius 3 is 2.30 bits per heavy atom. The molecule has 2 heterocycles. The van der Waals surface area contributed by atoms with Crippen LogP contribution in [0.3, 0.4) is 0 Å². The Morgan fingerprint density at radius 2 is 1.59 bits per heavy atom. The monoisotopic (exact) mass is 359 g/mol. The minimum absolute atomic E-state index is 0.00389. The van der Waals surface area contributed by atoms with Gasteiger partial charge in [0, 0.05) is 11.8 Å². The van der Waals surface area contributed by atoms with E-state index in [1.165, 1.54) is 0 Å². The highest BCUT2D eigenvalue weighted by Gasteiger charge is 2.16. The third-order valence-electron chi connectivity index (χ3n) is 4.18. The van der Waals surface area contributed by atoms with Crippen LogP contribution in [0.1, 0.15) is 0 Å². The third-order valence-corrected chi connectivity index (χ3v) is 4.18. The average molecular weight is 359 g/mol. The predicted molar refractivity (Wildman–Crippen MR) is 103 cm³/mol. The van der Waals surface area contributed by atoms with Crippen molar-refractivity contribution < 1.29 is 4.79 Å². The summed E-state index contributed by atoms with van der Waals surface area (Å²) in [6.07, 6.45) is 1.65. The van der Waals surface area contributed by atoms with Gasteiger partial charge < -0.3 is 5.32 Å². The van der Waals surface area contributed by atoms with Crippen LogP contribution in [0.4, 0.5) is 5.69 Å². The molecule has 1 amide bonds. The summed E-state index contributed by atoms with van der Waals surface area (Å²) in [6, 6.07) is 20.9. The first-order valence-electron chi connectivity index (χ1n) is 8.45. The van der Waals surface area contributed by atoms with E-state index < -0.39 is 0 Å². The number of H-pyrrole nitrogens is 2. The number of nitrogens with one attached hydrogen (secondary N) is 3. The number of rotatable bonds is 5. The Balaban J connectivity index is 1.56. The smallest absolute Gasteiger partial charge is 0.288 e. The van der Waals surface area contributed by atoms with Crippen molar-refractivity contribution >= 4 is 11.6 Å². The zero-order valence-corrected chi connectivity index (χ0v) is 14.3. The van der Waals surface area contributed by atoms with Gasteiger partial charge in [0.2, 0.25) is 5.91 Å². The molecule has 0 saturated carbocycles. The second-order valence-corrected chi connectivity index (χ2v) is 5.98. The molecule has 7 heteroatoms. The molecular weight excluding hydrogens is 342 g/mol. The number of hydrogen-bond acceptors (Lipinski definition) is 3. The Hall–Kier alpha value is -3.87. The van der Waals surface area contributed by atoms with Gasteiger partial charge in [-0.3, -0.25) is 24.5 Å². The Bertz CT molecular complexity index is 1110. The van der Waals surface area contributed by atoms with Gasteiger partial charge in [0.25, 0.3) is 5.56 Å². The molecule has 0 unspecified atom stereocenters. The molecule has 0 radical (unpaired) electrons. The highest BCUT2D eigenvalue weighted by atomic mass is 16.2. The molecule has 4 aromatic rings. The third kappa shape index (κ3) is 3.43. The van der Waals surface area contributed by atoms with E-state index in [2.05, 4.69) is 20.6 Å². The summed E-state index contributed by atoms with van der Waals surface area (Å²) in [5, 5.41) is 12.3. The van der Waals surface area contributed by atoms with Crippen molar-refractivity contribution in [2.75, 3.05) is 5.32 Å². The highest BCUT2D eigenvalue weighted by molar-refractivity contribution is 5.94. The van der Waals surface area contributed by atoms with Crippen LogP contribution >= 0.6 is 0 Å². The molecule has 2 aromatic heterocycles. The Labute approximate surface area is 154 Å². The summed E-state index contributed by atoms with van der Waals surface area (Å²) in [4.78, 5) is 24.7. The van der Waals surface area contributed by atoms with Crippen molar-refractivity contribution in [3.05, 3.63) is 83.3 Å². The summed E-state index contributed by atoms with van der Waals surface area (Å²) in [7, 11) is 0. The molecule has 3 N–H and O–H groups in total. The largest absolute Gasteiger partial charge is 0.318 e. The van der Waals surface area contributed by atoms with Crippen molar-refractivity contribution in [2.45, 2.75) is 6.54 Å². The number of benzene rings is 2. The van der Waals surface area contributed by atoms with E-state index in [4.69, 9.17) is 0 Å². The van der Waals surface area contributed by atoms with Crippen LogP contribution in [0.25, 0.3) is 22.5 Å². The first-order valence-corrected chi connectivity index (χ1v) is 8.45. The highest BCUT2D eigenvalue weighted by Crippen LogP contribution is 2.22. The molecule has 0 spiro atoms. The first-order chi connectivity index (χ1) is 13.2. The van der Waals surface area contributed by atoms with E-state index in [9.17, 15) is 9.59 Å². The number of carbonyl (C=O) groups is 1. The van der Waals surface area contributed by atoms with Crippen LogP contribution in [0.2, 0.25) is 0 Å². The summed E-state index contributed by atoms with van der Waals surface area (Å²) < 4.78 is 1.60. The fourth-order valence-electron chi connectivity index (χ4n) is 2.93. The van der Waals surface area contributed by atoms with E-state index >= 15 is 0 Å². The summed E-state index contributed by atoms with van der Waals surface area (Å²) in [6.45, 7) is -0.00389. The lowest BCUT2D eigenvalue weighted by molar-refractivity contribution is -0.116. The lowest BCUT2D eigenvalue weighted by atomic mass is 10.1. The molecule has 0 aliphatic heterocycles.